The lowest BCUT2D eigenvalue weighted by Gasteiger charge is -2.00. The molecule has 0 aliphatic heterocycles. The summed E-state index contributed by atoms with van der Waals surface area (Å²) in [7, 11) is 0. The van der Waals surface area contributed by atoms with Crippen molar-refractivity contribution >= 4 is 68.4 Å². The molecular formula is C24H18Cl2N4. The van der Waals surface area contributed by atoms with Crippen LogP contribution in [0.15, 0.2) is 97.6 Å². The summed E-state index contributed by atoms with van der Waals surface area (Å²) in [6.07, 6.45) is 7.21. The number of hydrogen-bond donors (Lipinski definition) is 0. The van der Waals surface area contributed by atoms with E-state index in [2.05, 4.69) is 68.5 Å². The Morgan fingerprint density at radius 2 is 0.567 bits per heavy atom. The Hall–Kier alpha value is -3.34. The van der Waals surface area contributed by atoms with Gasteiger partial charge in [0, 0.05) is 46.3 Å². The fraction of sp³-hybridized carbons (Fsp3) is 0. The number of fused-ring (bicyclic) bond motifs is 6. The van der Waals surface area contributed by atoms with Gasteiger partial charge in [0.05, 0.1) is 22.1 Å². The average Bonchev–Trinajstić information content (AvgIpc) is 2.79. The van der Waals surface area contributed by atoms with Crippen molar-refractivity contribution in [3.8, 4) is 0 Å². The van der Waals surface area contributed by atoms with Crippen LogP contribution in [-0.4, -0.2) is 19.9 Å². The first-order valence-electron chi connectivity index (χ1n) is 9.07. The summed E-state index contributed by atoms with van der Waals surface area (Å²) in [5, 5.41) is 4.55. The van der Waals surface area contributed by atoms with E-state index in [1.54, 1.807) is 24.8 Å². The zero-order valence-electron chi connectivity index (χ0n) is 15.8. The number of benzene rings is 2. The third kappa shape index (κ3) is 4.01. The molecule has 0 spiro atoms. The van der Waals surface area contributed by atoms with Gasteiger partial charge in [0.2, 0.25) is 0 Å². The minimum absolute atomic E-state index is 0. The van der Waals surface area contributed by atoms with Gasteiger partial charge >= 0.3 is 0 Å². The largest absolute Gasteiger partial charge is 0.254 e. The standard InChI is InChI=1S/2C12H8N2.2ClH/c2*1-3-9-5-6-10-4-2-8-14-12(10)11(9)13-7-1;;/h2*1-8H;2*1H. The van der Waals surface area contributed by atoms with Crippen LogP contribution < -0.4 is 0 Å². The SMILES string of the molecule is Cl.Cl.c1cnc2c(c1)ccc1cccnc12.c1cnc2c(c1)ccc1cccnc12. The Labute approximate surface area is 185 Å². The second-order valence-electron chi connectivity index (χ2n) is 6.43. The molecule has 0 N–H and O–H groups in total. The van der Waals surface area contributed by atoms with Crippen LogP contribution in [0.25, 0.3) is 43.6 Å². The molecule has 30 heavy (non-hydrogen) atoms. The van der Waals surface area contributed by atoms with Gasteiger partial charge in [0.15, 0.2) is 0 Å². The zero-order chi connectivity index (χ0) is 18.8. The molecule has 0 fully saturated rings. The van der Waals surface area contributed by atoms with Crippen molar-refractivity contribution in [3.05, 3.63) is 97.6 Å². The van der Waals surface area contributed by atoms with Crippen molar-refractivity contribution in [3.63, 3.8) is 0 Å². The highest BCUT2D eigenvalue weighted by molar-refractivity contribution is 6.03. The van der Waals surface area contributed by atoms with E-state index < -0.39 is 0 Å². The Morgan fingerprint density at radius 3 is 0.800 bits per heavy atom. The molecule has 4 heterocycles. The first kappa shape index (κ1) is 21.4. The molecule has 6 aromatic rings. The van der Waals surface area contributed by atoms with Crippen LogP contribution >= 0.6 is 24.8 Å². The highest BCUT2D eigenvalue weighted by Gasteiger charge is 2.01. The number of rotatable bonds is 0. The highest BCUT2D eigenvalue weighted by atomic mass is 35.5. The molecule has 0 aliphatic carbocycles. The van der Waals surface area contributed by atoms with E-state index in [1.807, 2.05) is 24.3 Å². The van der Waals surface area contributed by atoms with Gasteiger partial charge in [-0.3, -0.25) is 19.9 Å². The lowest BCUT2D eigenvalue weighted by molar-refractivity contribution is 1.37. The molecule has 0 atom stereocenters. The first-order valence-corrected chi connectivity index (χ1v) is 9.07. The lowest BCUT2D eigenvalue weighted by atomic mass is 10.1. The minimum Gasteiger partial charge on any atom is -0.254 e. The van der Waals surface area contributed by atoms with E-state index in [-0.39, 0.29) is 24.8 Å². The molecule has 4 aromatic heterocycles. The van der Waals surface area contributed by atoms with Crippen LogP contribution in [-0.2, 0) is 0 Å². The quantitative estimate of drug-likeness (QED) is 0.260. The summed E-state index contributed by atoms with van der Waals surface area (Å²) >= 11 is 0. The van der Waals surface area contributed by atoms with Crippen LogP contribution in [0.5, 0.6) is 0 Å². The lowest BCUT2D eigenvalue weighted by Crippen LogP contribution is -1.83. The van der Waals surface area contributed by atoms with E-state index in [0.29, 0.717) is 0 Å². The molecule has 6 rings (SSSR count). The molecule has 0 aliphatic rings. The third-order valence-electron chi connectivity index (χ3n) is 4.69. The summed E-state index contributed by atoms with van der Waals surface area (Å²) in [5.74, 6) is 0. The van der Waals surface area contributed by atoms with E-state index in [9.17, 15) is 0 Å². The summed E-state index contributed by atoms with van der Waals surface area (Å²) in [4.78, 5) is 17.4. The summed E-state index contributed by atoms with van der Waals surface area (Å²) in [6, 6.07) is 24.3. The molecule has 0 amide bonds. The zero-order valence-corrected chi connectivity index (χ0v) is 17.5. The van der Waals surface area contributed by atoms with Gasteiger partial charge in [-0.25, -0.2) is 0 Å². The molecule has 6 heteroatoms. The number of hydrogen-bond acceptors (Lipinski definition) is 4. The number of pyridine rings is 4. The topological polar surface area (TPSA) is 51.6 Å². The number of aromatic nitrogens is 4. The highest BCUT2D eigenvalue weighted by Crippen LogP contribution is 2.21. The molecule has 4 nitrogen and oxygen atoms in total. The summed E-state index contributed by atoms with van der Waals surface area (Å²) in [5.41, 5.74) is 3.91. The van der Waals surface area contributed by atoms with Crippen molar-refractivity contribution < 1.29 is 0 Å². The van der Waals surface area contributed by atoms with Crippen LogP contribution in [0.1, 0.15) is 0 Å². The van der Waals surface area contributed by atoms with Gasteiger partial charge in [0.1, 0.15) is 0 Å². The maximum atomic E-state index is 4.35. The van der Waals surface area contributed by atoms with E-state index >= 15 is 0 Å². The maximum Gasteiger partial charge on any atom is 0.0964 e. The van der Waals surface area contributed by atoms with Gasteiger partial charge in [0.25, 0.3) is 0 Å². The van der Waals surface area contributed by atoms with Gasteiger partial charge in [-0.1, -0.05) is 48.5 Å². The maximum absolute atomic E-state index is 4.35. The fourth-order valence-electron chi connectivity index (χ4n) is 3.36. The van der Waals surface area contributed by atoms with Gasteiger partial charge in [-0.05, 0) is 24.3 Å². The monoisotopic (exact) mass is 432 g/mol. The van der Waals surface area contributed by atoms with Gasteiger partial charge in [-0.15, -0.1) is 24.8 Å². The second kappa shape index (κ2) is 9.44. The number of nitrogens with zero attached hydrogens (tertiary/aromatic N) is 4. The molecule has 148 valence electrons. The smallest absolute Gasteiger partial charge is 0.0964 e. The van der Waals surface area contributed by atoms with Gasteiger partial charge in [-0.2, -0.15) is 0 Å². The van der Waals surface area contributed by atoms with E-state index in [0.717, 1.165) is 43.6 Å². The van der Waals surface area contributed by atoms with Crippen LogP contribution in [0.4, 0.5) is 0 Å². The molecule has 0 unspecified atom stereocenters. The molecular weight excluding hydrogens is 415 g/mol. The molecule has 2 aromatic carbocycles. The van der Waals surface area contributed by atoms with Gasteiger partial charge < -0.3 is 0 Å². The summed E-state index contributed by atoms with van der Waals surface area (Å²) in [6.45, 7) is 0. The normalized spacial score (nSPS) is 10.1. The Balaban J connectivity index is 0.000000160. The van der Waals surface area contributed by atoms with Crippen molar-refractivity contribution in [1.82, 2.24) is 19.9 Å². The molecule has 0 saturated heterocycles. The van der Waals surface area contributed by atoms with E-state index in [4.69, 9.17) is 0 Å². The molecule has 0 saturated carbocycles. The third-order valence-corrected chi connectivity index (χ3v) is 4.69. The Bertz CT molecular complexity index is 1220. The van der Waals surface area contributed by atoms with Crippen molar-refractivity contribution in [2.75, 3.05) is 0 Å². The predicted molar refractivity (Wildman–Crippen MR) is 129 cm³/mol. The second-order valence-corrected chi connectivity index (χ2v) is 6.43. The number of halogens is 2. The van der Waals surface area contributed by atoms with E-state index in [1.165, 1.54) is 0 Å². The Kier molecular flexibility index (Phi) is 6.72. The Morgan fingerprint density at radius 1 is 0.333 bits per heavy atom. The van der Waals surface area contributed by atoms with Crippen LogP contribution in [0.3, 0.4) is 0 Å². The average molecular weight is 433 g/mol. The van der Waals surface area contributed by atoms with Crippen LogP contribution in [0.2, 0.25) is 0 Å². The van der Waals surface area contributed by atoms with Crippen molar-refractivity contribution in [2.45, 2.75) is 0 Å². The molecule has 0 radical (unpaired) electrons. The van der Waals surface area contributed by atoms with Crippen LogP contribution in [0, 0.1) is 0 Å². The molecule has 0 bridgehead atoms. The predicted octanol–water partition coefficient (Wildman–Crippen LogP) is 6.41. The summed E-state index contributed by atoms with van der Waals surface area (Å²) < 4.78 is 0. The first-order chi connectivity index (χ1) is 13.9. The van der Waals surface area contributed by atoms with Crippen molar-refractivity contribution in [1.29, 1.82) is 0 Å². The van der Waals surface area contributed by atoms with Crippen molar-refractivity contribution in [2.24, 2.45) is 0 Å². The minimum atomic E-state index is 0. The fourth-order valence-corrected chi connectivity index (χ4v) is 3.36.